The first-order valence-electron chi connectivity index (χ1n) is 16.9. The van der Waals surface area contributed by atoms with Crippen LogP contribution in [-0.2, 0) is 38.6 Å². The third-order valence-corrected chi connectivity index (χ3v) is 9.46. The first kappa shape index (κ1) is 46.2. The summed E-state index contributed by atoms with van der Waals surface area (Å²) in [5.74, 6) is -6.51. The summed E-state index contributed by atoms with van der Waals surface area (Å²) in [6.45, 7) is 17.9. The molecule has 0 aromatic rings. The molecule has 54 heavy (non-hydrogen) atoms. The molecule has 16 nitrogen and oxygen atoms in total. The predicted octanol–water partition coefficient (Wildman–Crippen LogP) is 6.06. The maximum Gasteiger partial charge on any atom is 0.420 e. The fraction of sp³-hybridized carbons (Fsp3) is 0.818. The van der Waals surface area contributed by atoms with E-state index in [0.717, 1.165) is 0 Å². The van der Waals surface area contributed by atoms with E-state index in [4.69, 9.17) is 18.9 Å². The quantitative estimate of drug-likeness (QED) is 0.211. The van der Waals surface area contributed by atoms with E-state index < -0.39 is 123 Å². The Balaban J connectivity index is 0.000000383. The van der Waals surface area contributed by atoms with Gasteiger partial charge in [0, 0.05) is 0 Å². The van der Waals surface area contributed by atoms with Gasteiger partial charge < -0.3 is 24.1 Å². The van der Waals surface area contributed by atoms with Gasteiger partial charge >= 0.3 is 30.3 Å². The Morgan fingerprint density at radius 3 is 1.11 bits per heavy atom. The molecule has 0 spiro atoms. The van der Waals surface area contributed by atoms with Crippen LogP contribution in [0.25, 0.3) is 0 Å². The zero-order valence-electron chi connectivity index (χ0n) is 32.4. The number of rotatable bonds is 8. The Morgan fingerprint density at radius 2 is 0.889 bits per heavy atom. The van der Waals surface area contributed by atoms with E-state index in [-0.39, 0.29) is 9.80 Å². The largest absolute Gasteiger partial charge is 0.479 e. The number of nitrogens with zero attached hydrogens (tertiary/aromatic N) is 2. The van der Waals surface area contributed by atoms with Crippen LogP contribution in [0.3, 0.4) is 0 Å². The van der Waals surface area contributed by atoms with Crippen LogP contribution in [-0.4, -0.2) is 111 Å². The lowest BCUT2D eigenvalue weighted by Crippen LogP contribution is -2.59. The van der Waals surface area contributed by atoms with Gasteiger partial charge in [0.2, 0.25) is 22.9 Å². The summed E-state index contributed by atoms with van der Waals surface area (Å²) in [6.07, 6.45) is -12.0. The molecular formula is C33H51F4N3O13S. The molecular weight excluding hydrogens is 754 g/mol. The van der Waals surface area contributed by atoms with Crippen molar-refractivity contribution >= 4 is 46.3 Å². The van der Waals surface area contributed by atoms with E-state index in [1.807, 2.05) is 0 Å². The van der Waals surface area contributed by atoms with Crippen molar-refractivity contribution in [1.82, 2.24) is 14.5 Å². The standard InChI is InChI=1S/C18H28F2N2O7S.C15H23F2NO6/c1-16(2,3)28-14(24)22(15(25)29-17(4,5)6)18(9-11(18)12(19)20)13(23)21-30(26,27)10-7-8-10;1-13(2,3)23-11(21)18(12(22)24-14(4,5)6)15(10(19)20)7-8(15)9(16)17/h10-12H,7-9H2,1-6H3,(H,21,23);8-9H,7H2,1-6H3,(H,19,20)/t11-,18+;8-,15+/m00/s1. The smallest absolute Gasteiger partial charge is 0.420 e. The van der Waals surface area contributed by atoms with E-state index in [1.54, 1.807) is 4.72 Å². The maximum atomic E-state index is 13.6. The summed E-state index contributed by atoms with van der Waals surface area (Å²) < 4.78 is 99.7. The number of ether oxygens (including phenoxy) is 4. The molecule has 310 valence electrons. The first-order valence-corrected chi connectivity index (χ1v) is 18.4. The van der Waals surface area contributed by atoms with Gasteiger partial charge in [-0.3, -0.25) is 9.52 Å². The van der Waals surface area contributed by atoms with Crippen LogP contribution < -0.4 is 4.72 Å². The molecule has 3 saturated carbocycles. The molecule has 0 aromatic carbocycles. The van der Waals surface area contributed by atoms with Gasteiger partial charge in [-0.25, -0.2) is 50.0 Å². The lowest BCUT2D eigenvalue weighted by atomic mass is 10.1. The molecule has 0 radical (unpaired) electrons. The van der Waals surface area contributed by atoms with E-state index in [2.05, 4.69) is 0 Å². The third kappa shape index (κ3) is 11.5. The SMILES string of the molecule is CC(C)(C)OC(=O)N(C(=O)OC(C)(C)C)[C@]1(C(=O)NS(=O)(=O)C2CC2)C[C@H]1C(F)F.CC(C)(C)OC(=O)N(C(=O)OC(C)(C)C)[C@]1(C(=O)O)C[C@H]1C(F)F. The second kappa shape index (κ2) is 15.3. The monoisotopic (exact) mass is 805 g/mol. The minimum Gasteiger partial charge on any atom is -0.479 e. The molecule has 21 heteroatoms. The molecule has 0 saturated heterocycles. The van der Waals surface area contributed by atoms with Crippen LogP contribution in [0, 0.1) is 11.8 Å². The summed E-state index contributed by atoms with van der Waals surface area (Å²) >= 11 is 0. The van der Waals surface area contributed by atoms with Crippen molar-refractivity contribution < 1.29 is 78.8 Å². The number of carboxylic acids is 1. The summed E-state index contributed by atoms with van der Waals surface area (Å²) in [4.78, 5) is 75.1. The summed E-state index contributed by atoms with van der Waals surface area (Å²) in [5.41, 5.74) is -9.13. The summed E-state index contributed by atoms with van der Waals surface area (Å²) in [6, 6.07) is 0. The maximum absolute atomic E-state index is 13.6. The molecule has 0 aliphatic heterocycles. The van der Waals surface area contributed by atoms with E-state index in [9.17, 15) is 59.9 Å². The third-order valence-electron chi connectivity index (χ3n) is 7.64. The zero-order chi connectivity index (χ0) is 42.4. The minimum atomic E-state index is -4.11. The molecule has 3 rings (SSSR count). The van der Waals surface area contributed by atoms with E-state index in [0.29, 0.717) is 12.8 Å². The van der Waals surface area contributed by atoms with Crippen LogP contribution >= 0.6 is 0 Å². The fourth-order valence-corrected chi connectivity index (χ4v) is 6.43. The van der Waals surface area contributed by atoms with Gasteiger partial charge in [-0.05, 0) is 109 Å². The van der Waals surface area contributed by atoms with Crippen LogP contribution in [0.2, 0.25) is 0 Å². The minimum absolute atomic E-state index is 0.169. The number of sulfonamides is 1. The van der Waals surface area contributed by atoms with Gasteiger partial charge in [0.15, 0.2) is 5.54 Å². The Bertz CT molecular complexity index is 1540. The predicted molar refractivity (Wildman–Crippen MR) is 180 cm³/mol. The number of halogens is 4. The Labute approximate surface area is 311 Å². The van der Waals surface area contributed by atoms with Gasteiger partial charge in [0.25, 0.3) is 5.91 Å². The van der Waals surface area contributed by atoms with Crippen LogP contribution in [0.4, 0.5) is 36.7 Å². The lowest BCUT2D eigenvalue weighted by molar-refractivity contribution is -0.146. The average molecular weight is 806 g/mol. The summed E-state index contributed by atoms with van der Waals surface area (Å²) in [5, 5.41) is 8.59. The Hall–Kier alpha value is -3.91. The number of nitrogens with one attached hydrogen (secondary N) is 1. The Morgan fingerprint density at radius 1 is 0.611 bits per heavy atom. The van der Waals surface area contributed by atoms with E-state index >= 15 is 0 Å². The molecule has 0 aromatic heterocycles. The van der Waals surface area contributed by atoms with Gasteiger partial charge in [-0.1, -0.05) is 0 Å². The van der Waals surface area contributed by atoms with Crippen LogP contribution in [0.5, 0.6) is 0 Å². The number of imide groups is 2. The average Bonchev–Trinajstić information content (AvgIpc) is 3.76. The molecule has 3 fully saturated rings. The van der Waals surface area contributed by atoms with Crippen LogP contribution in [0.1, 0.15) is 109 Å². The number of aliphatic carboxylic acids is 1. The topological polar surface area (TPSA) is 212 Å². The Kier molecular flexibility index (Phi) is 13.1. The van der Waals surface area contributed by atoms with Crippen molar-refractivity contribution in [3.8, 4) is 0 Å². The molecule has 5 amide bonds. The highest BCUT2D eigenvalue weighted by molar-refractivity contribution is 7.91. The lowest BCUT2D eigenvalue weighted by Gasteiger charge is -2.33. The second-order valence-corrected chi connectivity index (χ2v) is 19.2. The molecule has 2 N–H and O–H groups in total. The van der Waals surface area contributed by atoms with Crippen molar-refractivity contribution in [2.75, 3.05) is 0 Å². The highest BCUT2D eigenvalue weighted by Gasteiger charge is 2.73. The van der Waals surface area contributed by atoms with Crippen LogP contribution in [0.15, 0.2) is 0 Å². The number of hydrogen-bond acceptors (Lipinski definition) is 12. The van der Waals surface area contributed by atoms with Gasteiger partial charge in [0.1, 0.15) is 27.9 Å². The molecule has 3 aliphatic carbocycles. The van der Waals surface area contributed by atoms with Gasteiger partial charge in [0.05, 0.1) is 17.1 Å². The second-order valence-electron chi connectivity index (χ2n) is 17.2. The van der Waals surface area contributed by atoms with Crippen molar-refractivity contribution in [3.05, 3.63) is 0 Å². The molecule has 0 heterocycles. The highest BCUT2D eigenvalue weighted by Crippen LogP contribution is 2.54. The number of carboxylic acid groups (broad SMARTS) is 1. The molecule has 0 unspecified atom stereocenters. The normalized spacial score (nSPS) is 24.0. The highest BCUT2D eigenvalue weighted by atomic mass is 32.2. The number of amides is 5. The number of alkyl halides is 4. The molecule has 0 bridgehead atoms. The number of hydrogen-bond donors (Lipinski definition) is 2. The fourth-order valence-electron chi connectivity index (χ4n) is 5.08. The van der Waals surface area contributed by atoms with Gasteiger partial charge in [-0.15, -0.1) is 0 Å². The molecule has 3 aliphatic rings. The number of carbonyl (C=O) groups excluding carboxylic acids is 5. The van der Waals surface area contributed by atoms with Crippen molar-refractivity contribution in [3.63, 3.8) is 0 Å². The van der Waals surface area contributed by atoms with Gasteiger partial charge in [-0.2, -0.15) is 9.80 Å². The van der Waals surface area contributed by atoms with Crippen molar-refractivity contribution in [1.29, 1.82) is 0 Å². The zero-order valence-corrected chi connectivity index (χ0v) is 33.2. The molecule has 4 atom stereocenters. The summed E-state index contributed by atoms with van der Waals surface area (Å²) in [7, 11) is -4.11. The number of carbonyl (C=O) groups is 6. The first-order chi connectivity index (χ1) is 24.0. The van der Waals surface area contributed by atoms with Crippen molar-refractivity contribution in [2.24, 2.45) is 11.8 Å². The van der Waals surface area contributed by atoms with Crippen molar-refractivity contribution in [2.45, 2.75) is 160 Å². The van der Waals surface area contributed by atoms with E-state index in [1.165, 1.54) is 83.1 Å².